The fraction of sp³-hybridized carbons (Fsp3) is 0.526. The highest BCUT2D eigenvalue weighted by molar-refractivity contribution is 5.72. The SMILES string of the molecule is CCCCCCCOc1ccc(-c2ccc(-c3ccc(C4CCC(CCCCCCC)CC4)c(F)c3F)cc2)c(F)c1F. The predicted octanol–water partition coefficient (Wildman–Crippen LogP) is 12.6. The third-order valence-electron chi connectivity index (χ3n) is 9.17. The molecule has 0 bridgehead atoms. The number of unbranched alkanes of at least 4 members (excludes halogenated alkanes) is 8. The highest BCUT2D eigenvalue weighted by Gasteiger charge is 2.26. The largest absolute Gasteiger partial charge is 0.490 e. The second-order valence-electron chi connectivity index (χ2n) is 12.3. The Kier molecular flexibility index (Phi) is 13.0. The number of hydrogen-bond donors (Lipinski definition) is 0. The Morgan fingerprint density at radius 3 is 1.70 bits per heavy atom. The fourth-order valence-corrected chi connectivity index (χ4v) is 6.48. The zero-order valence-corrected chi connectivity index (χ0v) is 26.0. The summed E-state index contributed by atoms with van der Waals surface area (Å²) in [6.07, 6.45) is 16.8. The third-order valence-corrected chi connectivity index (χ3v) is 9.17. The van der Waals surface area contributed by atoms with Crippen LogP contribution in [0.2, 0.25) is 0 Å². The van der Waals surface area contributed by atoms with Crippen molar-refractivity contribution in [2.75, 3.05) is 6.61 Å². The predicted molar refractivity (Wildman–Crippen MR) is 169 cm³/mol. The summed E-state index contributed by atoms with van der Waals surface area (Å²) in [5.41, 5.74) is 1.68. The topological polar surface area (TPSA) is 9.23 Å². The summed E-state index contributed by atoms with van der Waals surface area (Å²) in [6, 6.07) is 12.8. The van der Waals surface area contributed by atoms with Crippen molar-refractivity contribution >= 4 is 0 Å². The molecule has 3 aromatic rings. The maximum Gasteiger partial charge on any atom is 0.201 e. The average molecular weight is 597 g/mol. The van der Waals surface area contributed by atoms with Crippen LogP contribution in [0.1, 0.15) is 122 Å². The van der Waals surface area contributed by atoms with E-state index in [4.69, 9.17) is 4.74 Å². The molecule has 0 amide bonds. The minimum atomic E-state index is -1.01. The van der Waals surface area contributed by atoms with Gasteiger partial charge in [0.15, 0.2) is 23.2 Å². The lowest BCUT2D eigenvalue weighted by atomic mass is 9.76. The van der Waals surface area contributed by atoms with Crippen molar-refractivity contribution in [2.45, 2.75) is 116 Å². The van der Waals surface area contributed by atoms with E-state index in [0.29, 0.717) is 29.2 Å². The highest BCUT2D eigenvalue weighted by atomic mass is 19.2. The Morgan fingerprint density at radius 2 is 1.09 bits per heavy atom. The Morgan fingerprint density at radius 1 is 0.558 bits per heavy atom. The van der Waals surface area contributed by atoms with Gasteiger partial charge in [0.1, 0.15) is 0 Å². The maximum absolute atomic E-state index is 15.3. The third kappa shape index (κ3) is 8.86. The molecule has 5 heteroatoms. The van der Waals surface area contributed by atoms with E-state index in [9.17, 15) is 8.78 Å². The summed E-state index contributed by atoms with van der Waals surface area (Å²) in [5, 5.41) is 0. The number of benzene rings is 3. The molecule has 0 saturated heterocycles. The van der Waals surface area contributed by atoms with Gasteiger partial charge in [0.2, 0.25) is 5.82 Å². The van der Waals surface area contributed by atoms with Crippen molar-refractivity contribution in [1.82, 2.24) is 0 Å². The molecule has 0 atom stereocenters. The minimum Gasteiger partial charge on any atom is -0.490 e. The van der Waals surface area contributed by atoms with Crippen molar-refractivity contribution < 1.29 is 22.3 Å². The molecule has 1 aliphatic carbocycles. The molecule has 234 valence electrons. The Hall–Kier alpha value is -2.82. The van der Waals surface area contributed by atoms with E-state index >= 15 is 8.78 Å². The van der Waals surface area contributed by atoms with Gasteiger partial charge in [-0.15, -0.1) is 0 Å². The lowest BCUT2D eigenvalue weighted by molar-refractivity contribution is 0.285. The van der Waals surface area contributed by atoms with E-state index in [1.165, 1.54) is 50.7 Å². The molecular weight excluding hydrogens is 548 g/mol. The van der Waals surface area contributed by atoms with Crippen LogP contribution in [-0.4, -0.2) is 6.61 Å². The van der Waals surface area contributed by atoms with E-state index in [-0.39, 0.29) is 22.8 Å². The van der Waals surface area contributed by atoms with Crippen LogP contribution in [0.25, 0.3) is 22.3 Å². The van der Waals surface area contributed by atoms with Gasteiger partial charge in [-0.2, -0.15) is 4.39 Å². The van der Waals surface area contributed by atoms with E-state index in [2.05, 4.69) is 13.8 Å². The van der Waals surface area contributed by atoms with Crippen molar-refractivity contribution in [3.63, 3.8) is 0 Å². The van der Waals surface area contributed by atoms with Gasteiger partial charge in [0, 0.05) is 11.1 Å². The quantitative estimate of drug-likeness (QED) is 0.118. The molecule has 0 unspecified atom stereocenters. The number of hydrogen-bond acceptors (Lipinski definition) is 1. The van der Waals surface area contributed by atoms with Crippen LogP contribution in [0, 0.1) is 29.2 Å². The average Bonchev–Trinajstić information content (AvgIpc) is 3.03. The summed E-state index contributed by atoms with van der Waals surface area (Å²) in [4.78, 5) is 0. The Labute approximate surface area is 256 Å². The molecule has 1 fully saturated rings. The van der Waals surface area contributed by atoms with Crippen LogP contribution in [0.4, 0.5) is 17.6 Å². The van der Waals surface area contributed by atoms with Gasteiger partial charge in [0.05, 0.1) is 6.61 Å². The molecule has 4 rings (SSSR count). The van der Waals surface area contributed by atoms with Crippen LogP contribution < -0.4 is 4.74 Å². The first kappa shape index (κ1) is 33.1. The summed E-state index contributed by atoms with van der Waals surface area (Å²) < 4.78 is 65.8. The van der Waals surface area contributed by atoms with Gasteiger partial charge in [-0.3, -0.25) is 0 Å². The lowest BCUT2D eigenvalue weighted by Gasteiger charge is -2.29. The molecule has 3 aromatic carbocycles. The molecule has 0 N–H and O–H groups in total. The first-order chi connectivity index (χ1) is 20.9. The van der Waals surface area contributed by atoms with Crippen LogP contribution in [0.5, 0.6) is 5.75 Å². The Bertz CT molecular complexity index is 1280. The molecule has 0 radical (unpaired) electrons. The zero-order valence-electron chi connectivity index (χ0n) is 26.0. The van der Waals surface area contributed by atoms with Gasteiger partial charge in [0.25, 0.3) is 0 Å². The van der Waals surface area contributed by atoms with E-state index < -0.39 is 23.3 Å². The highest BCUT2D eigenvalue weighted by Crippen LogP contribution is 2.40. The summed E-state index contributed by atoms with van der Waals surface area (Å²) >= 11 is 0. The molecule has 0 heterocycles. The van der Waals surface area contributed by atoms with Crippen molar-refractivity contribution in [1.29, 1.82) is 0 Å². The second-order valence-corrected chi connectivity index (χ2v) is 12.3. The number of halogens is 4. The molecule has 0 aromatic heterocycles. The van der Waals surface area contributed by atoms with Crippen molar-refractivity contribution in [3.05, 3.63) is 77.4 Å². The lowest BCUT2D eigenvalue weighted by Crippen LogP contribution is -2.15. The zero-order chi connectivity index (χ0) is 30.6. The molecule has 43 heavy (non-hydrogen) atoms. The molecule has 1 saturated carbocycles. The summed E-state index contributed by atoms with van der Waals surface area (Å²) in [6.45, 7) is 4.71. The van der Waals surface area contributed by atoms with Gasteiger partial charge >= 0.3 is 0 Å². The minimum absolute atomic E-state index is 0.0492. The van der Waals surface area contributed by atoms with E-state index in [1.807, 2.05) is 0 Å². The van der Waals surface area contributed by atoms with E-state index in [1.54, 1.807) is 36.4 Å². The smallest absolute Gasteiger partial charge is 0.201 e. The summed E-state index contributed by atoms with van der Waals surface area (Å²) in [7, 11) is 0. The van der Waals surface area contributed by atoms with Crippen LogP contribution in [0.3, 0.4) is 0 Å². The maximum atomic E-state index is 15.3. The standard InChI is InChI=1S/C38H48F4O/c1-3-5-7-9-11-13-27-14-16-28(17-15-27)31-22-23-32(36(40)35(31)39)29-18-20-30(21-19-29)33-24-25-34(38(42)37(33)41)43-26-12-10-8-6-4-2/h18-25,27-28H,3-17,26H2,1-2H3. The van der Waals surface area contributed by atoms with Crippen LogP contribution >= 0.6 is 0 Å². The van der Waals surface area contributed by atoms with Crippen molar-refractivity contribution in [2.24, 2.45) is 5.92 Å². The van der Waals surface area contributed by atoms with Crippen LogP contribution in [0.15, 0.2) is 48.5 Å². The Balaban J connectivity index is 1.37. The first-order valence-corrected chi connectivity index (χ1v) is 16.6. The number of ether oxygens (including phenoxy) is 1. The number of rotatable bonds is 16. The van der Waals surface area contributed by atoms with Gasteiger partial charge in [-0.05, 0) is 72.8 Å². The molecule has 0 spiro atoms. The monoisotopic (exact) mass is 596 g/mol. The second kappa shape index (κ2) is 16.9. The van der Waals surface area contributed by atoms with Gasteiger partial charge in [-0.1, -0.05) is 114 Å². The molecular formula is C38H48F4O. The van der Waals surface area contributed by atoms with Gasteiger partial charge in [-0.25, -0.2) is 13.2 Å². The van der Waals surface area contributed by atoms with Crippen LogP contribution in [-0.2, 0) is 0 Å². The fourth-order valence-electron chi connectivity index (χ4n) is 6.48. The van der Waals surface area contributed by atoms with Crippen molar-refractivity contribution in [3.8, 4) is 28.0 Å². The normalized spacial score (nSPS) is 16.9. The molecule has 1 nitrogen and oxygen atoms in total. The molecule has 1 aliphatic rings. The molecule has 0 aliphatic heterocycles. The van der Waals surface area contributed by atoms with E-state index in [0.717, 1.165) is 57.8 Å². The first-order valence-electron chi connectivity index (χ1n) is 16.6. The van der Waals surface area contributed by atoms with Gasteiger partial charge < -0.3 is 4.74 Å². The summed E-state index contributed by atoms with van der Waals surface area (Å²) in [5.74, 6) is -2.96.